The van der Waals surface area contributed by atoms with Gasteiger partial charge in [-0.15, -0.1) is 0 Å². The number of amides is 1. The Morgan fingerprint density at radius 1 is 1.22 bits per heavy atom. The van der Waals surface area contributed by atoms with Crippen molar-refractivity contribution in [2.45, 2.75) is 51.7 Å². The molecule has 0 aliphatic heterocycles. The second-order valence-corrected chi connectivity index (χ2v) is 6.01. The van der Waals surface area contributed by atoms with Crippen LogP contribution >= 0.6 is 0 Å². The van der Waals surface area contributed by atoms with E-state index in [-0.39, 0.29) is 18.4 Å². The molecule has 0 saturated heterocycles. The third-order valence-corrected chi connectivity index (χ3v) is 4.45. The lowest BCUT2D eigenvalue weighted by molar-refractivity contribution is -0.189. The van der Waals surface area contributed by atoms with Gasteiger partial charge in [0.05, 0.1) is 17.2 Å². The van der Waals surface area contributed by atoms with Gasteiger partial charge in [0, 0.05) is 18.8 Å². The highest BCUT2D eigenvalue weighted by Crippen LogP contribution is 2.37. The molecule has 128 valence electrons. The number of aryl methyl sites for hydroxylation is 2. The van der Waals surface area contributed by atoms with Crippen LogP contribution in [0.2, 0.25) is 0 Å². The molecule has 1 saturated carbocycles. The fourth-order valence-electron chi connectivity index (χ4n) is 3.15. The lowest BCUT2D eigenvalue weighted by atomic mass is 9.84. The third-order valence-electron chi connectivity index (χ3n) is 4.45. The van der Waals surface area contributed by atoms with Crippen LogP contribution in [-0.4, -0.2) is 33.7 Å². The maximum atomic E-state index is 13.0. The Kier molecular flexibility index (Phi) is 4.81. The molecule has 1 aliphatic rings. The number of halogens is 3. The van der Waals surface area contributed by atoms with Crippen LogP contribution in [0.25, 0.3) is 0 Å². The van der Waals surface area contributed by atoms with Crippen LogP contribution in [0.5, 0.6) is 0 Å². The van der Waals surface area contributed by atoms with E-state index in [0.29, 0.717) is 24.2 Å². The van der Waals surface area contributed by atoms with Crippen LogP contribution in [0.15, 0.2) is 0 Å². The van der Waals surface area contributed by atoms with E-state index in [1.54, 1.807) is 20.9 Å². The quantitative estimate of drug-likeness (QED) is 0.683. The number of Topliss-reactive ketones (excluding diaryl/α,β-unsaturated/α-hetero) is 1. The first-order chi connectivity index (χ1) is 10.6. The molecule has 1 aromatic heterocycles. The Morgan fingerprint density at radius 3 is 2.35 bits per heavy atom. The SMILES string of the molecule is Cc1nn(C)c(C)c1C(=O)C(=O)N[C@H]1CCCC[C@@H]1C(F)(F)F. The average molecular weight is 331 g/mol. The highest BCUT2D eigenvalue weighted by molar-refractivity contribution is 6.43. The van der Waals surface area contributed by atoms with E-state index in [0.717, 1.165) is 0 Å². The Bertz CT molecular complexity index is 622. The summed E-state index contributed by atoms with van der Waals surface area (Å²) < 4.78 is 40.6. The maximum Gasteiger partial charge on any atom is 0.393 e. The van der Waals surface area contributed by atoms with E-state index in [1.165, 1.54) is 4.68 Å². The topological polar surface area (TPSA) is 64.0 Å². The molecule has 1 aromatic rings. The van der Waals surface area contributed by atoms with Gasteiger partial charge in [0.25, 0.3) is 11.7 Å². The van der Waals surface area contributed by atoms with Crippen LogP contribution in [0, 0.1) is 19.8 Å². The molecule has 1 amide bonds. The van der Waals surface area contributed by atoms with Gasteiger partial charge in [-0.05, 0) is 26.7 Å². The lowest BCUT2D eigenvalue weighted by Crippen LogP contribution is -2.49. The number of hydrogen-bond acceptors (Lipinski definition) is 3. The Balaban J connectivity index is 2.15. The number of alkyl halides is 3. The first kappa shape index (κ1) is 17.5. The highest BCUT2D eigenvalue weighted by atomic mass is 19.4. The van der Waals surface area contributed by atoms with Crippen molar-refractivity contribution in [1.82, 2.24) is 15.1 Å². The number of carbonyl (C=O) groups excluding carboxylic acids is 2. The summed E-state index contributed by atoms with van der Waals surface area (Å²) in [5.74, 6) is -3.42. The maximum absolute atomic E-state index is 13.0. The first-order valence-corrected chi connectivity index (χ1v) is 7.55. The second kappa shape index (κ2) is 6.33. The summed E-state index contributed by atoms with van der Waals surface area (Å²) >= 11 is 0. The van der Waals surface area contributed by atoms with E-state index in [4.69, 9.17) is 0 Å². The van der Waals surface area contributed by atoms with Crippen molar-refractivity contribution in [1.29, 1.82) is 0 Å². The van der Waals surface area contributed by atoms with Crippen molar-refractivity contribution >= 4 is 11.7 Å². The zero-order chi connectivity index (χ0) is 17.4. The second-order valence-electron chi connectivity index (χ2n) is 6.01. The number of ketones is 1. The van der Waals surface area contributed by atoms with Gasteiger partial charge in [-0.3, -0.25) is 14.3 Å². The van der Waals surface area contributed by atoms with E-state index in [2.05, 4.69) is 10.4 Å². The summed E-state index contributed by atoms with van der Waals surface area (Å²) in [6, 6.07) is -1.04. The Labute approximate surface area is 132 Å². The minimum atomic E-state index is -4.37. The van der Waals surface area contributed by atoms with E-state index >= 15 is 0 Å². The molecular formula is C15H20F3N3O2. The molecule has 8 heteroatoms. The number of rotatable bonds is 3. The van der Waals surface area contributed by atoms with Crippen LogP contribution in [0.4, 0.5) is 13.2 Å². The number of carbonyl (C=O) groups is 2. The molecule has 0 radical (unpaired) electrons. The molecule has 1 heterocycles. The summed E-state index contributed by atoms with van der Waals surface area (Å²) in [6.45, 7) is 3.23. The summed E-state index contributed by atoms with van der Waals surface area (Å²) in [5, 5.41) is 6.34. The summed E-state index contributed by atoms with van der Waals surface area (Å²) in [7, 11) is 1.64. The van der Waals surface area contributed by atoms with Gasteiger partial charge in [-0.2, -0.15) is 18.3 Å². The minimum absolute atomic E-state index is 0.0203. The molecule has 1 aliphatic carbocycles. The van der Waals surface area contributed by atoms with Crippen molar-refractivity contribution in [3.63, 3.8) is 0 Å². The van der Waals surface area contributed by atoms with Crippen molar-refractivity contribution in [2.75, 3.05) is 0 Å². The Hall–Kier alpha value is -1.86. The minimum Gasteiger partial charge on any atom is -0.346 e. The van der Waals surface area contributed by atoms with Gasteiger partial charge in [-0.1, -0.05) is 12.8 Å². The van der Waals surface area contributed by atoms with Crippen LogP contribution in [-0.2, 0) is 11.8 Å². The van der Waals surface area contributed by atoms with Gasteiger partial charge < -0.3 is 5.32 Å². The molecule has 5 nitrogen and oxygen atoms in total. The van der Waals surface area contributed by atoms with Crippen LogP contribution in [0.3, 0.4) is 0 Å². The van der Waals surface area contributed by atoms with Crippen molar-refractivity contribution in [3.05, 3.63) is 17.0 Å². The zero-order valence-corrected chi connectivity index (χ0v) is 13.3. The predicted octanol–water partition coefficient (Wildman–Crippen LogP) is 2.46. The van der Waals surface area contributed by atoms with Crippen molar-refractivity contribution < 1.29 is 22.8 Å². The average Bonchev–Trinajstić information content (AvgIpc) is 2.71. The Morgan fingerprint density at radius 2 is 1.83 bits per heavy atom. The largest absolute Gasteiger partial charge is 0.393 e. The normalized spacial score (nSPS) is 22.0. The molecule has 23 heavy (non-hydrogen) atoms. The highest BCUT2D eigenvalue weighted by Gasteiger charge is 2.46. The van der Waals surface area contributed by atoms with Crippen molar-refractivity contribution in [3.8, 4) is 0 Å². The molecule has 1 N–H and O–H groups in total. The molecule has 0 bridgehead atoms. The zero-order valence-electron chi connectivity index (χ0n) is 13.3. The fourth-order valence-corrected chi connectivity index (χ4v) is 3.15. The van der Waals surface area contributed by atoms with Crippen LogP contribution in [0.1, 0.15) is 47.4 Å². The smallest absolute Gasteiger partial charge is 0.346 e. The summed E-state index contributed by atoms with van der Waals surface area (Å²) in [5.41, 5.74) is 1.06. The number of nitrogens with zero attached hydrogens (tertiary/aromatic N) is 2. The van der Waals surface area contributed by atoms with Gasteiger partial charge >= 0.3 is 6.18 Å². The molecule has 0 spiro atoms. The monoisotopic (exact) mass is 331 g/mol. The van der Waals surface area contributed by atoms with Gasteiger partial charge in [0.2, 0.25) is 0 Å². The van der Waals surface area contributed by atoms with Crippen LogP contribution < -0.4 is 5.32 Å². The number of hydrogen-bond donors (Lipinski definition) is 1. The first-order valence-electron chi connectivity index (χ1n) is 7.55. The summed E-state index contributed by atoms with van der Waals surface area (Å²) in [4.78, 5) is 24.4. The van der Waals surface area contributed by atoms with Gasteiger partial charge in [-0.25, -0.2) is 0 Å². The number of nitrogens with one attached hydrogen (secondary N) is 1. The molecular weight excluding hydrogens is 311 g/mol. The molecule has 0 aromatic carbocycles. The van der Waals surface area contributed by atoms with Crippen molar-refractivity contribution in [2.24, 2.45) is 13.0 Å². The third kappa shape index (κ3) is 3.56. The summed E-state index contributed by atoms with van der Waals surface area (Å²) in [6.07, 6.45) is -3.08. The molecule has 2 atom stereocenters. The standard InChI is InChI=1S/C15H20F3N3O2/c1-8-12(9(2)21(3)20-8)13(22)14(23)19-11-7-5-4-6-10(11)15(16,17)18/h10-11H,4-7H2,1-3H3,(H,19,23)/t10-,11-/m0/s1. The molecule has 2 rings (SSSR count). The molecule has 0 unspecified atom stereocenters. The predicted molar refractivity (Wildman–Crippen MR) is 77.0 cm³/mol. The van der Waals surface area contributed by atoms with Gasteiger partial charge in [0.1, 0.15) is 0 Å². The van der Waals surface area contributed by atoms with E-state index < -0.39 is 29.8 Å². The van der Waals surface area contributed by atoms with Gasteiger partial charge in [0.15, 0.2) is 0 Å². The van der Waals surface area contributed by atoms with E-state index in [1.807, 2.05) is 0 Å². The molecule has 1 fully saturated rings. The van der Waals surface area contributed by atoms with E-state index in [9.17, 15) is 22.8 Å². The fraction of sp³-hybridized carbons (Fsp3) is 0.667. The number of aromatic nitrogens is 2. The lowest BCUT2D eigenvalue weighted by Gasteiger charge is -2.33.